The normalized spacial score (nSPS) is 10.7. The van der Waals surface area contributed by atoms with Gasteiger partial charge in [0.25, 0.3) is 0 Å². The van der Waals surface area contributed by atoms with Crippen LogP contribution in [0.4, 0.5) is 0 Å². The van der Waals surface area contributed by atoms with Crippen molar-refractivity contribution in [3.63, 3.8) is 0 Å². The summed E-state index contributed by atoms with van der Waals surface area (Å²) >= 11 is 3.53. The first kappa shape index (κ1) is 19.5. The predicted molar refractivity (Wildman–Crippen MR) is 134 cm³/mol. The smallest absolute Gasteiger partial charge is 0.0715 e. The molecule has 1 heterocycles. The molecule has 31 heavy (non-hydrogen) atoms. The molecule has 0 radical (unpaired) electrons. The molecule has 0 N–H and O–H groups in total. The summed E-state index contributed by atoms with van der Waals surface area (Å²) in [5, 5.41) is 0. The lowest BCUT2D eigenvalue weighted by Gasteiger charge is -2.11. The molecular formula is C29H20BrN. The lowest BCUT2D eigenvalue weighted by Crippen LogP contribution is -1.91. The van der Waals surface area contributed by atoms with Crippen LogP contribution in [0.2, 0.25) is 0 Å². The van der Waals surface area contributed by atoms with Crippen LogP contribution < -0.4 is 0 Å². The maximum atomic E-state index is 5.02. The van der Waals surface area contributed by atoms with E-state index in [1.165, 1.54) is 16.7 Å². The quantitative estimate of drug-likeness (QED) is 0.261. The zero-order valence-corrected chi connectivity index (χ0v) is 18.5. The van der Waals surface area contributed by atoms with E-state index in [1.807, 2.05) is 12.1 Å². The Bertz CT molecular complexity index is 1290. The molecule has 0 aliphatic rings. The lowest BCUT2D eigenvalue weighted by atomic mass is 9.98. The highest BCUT2D eigenvalue weighted by Crippen LogP contribution is 2.31. The number of hydrogen-bond acceptors (Lipinski definition) is 1. The van der Waals surface area contributed by atoms with Crippen LogP contribution in [0.15, 0.2) is 126 Å². The fourth-order valence-corrected chi connectivity index (χ4v) is 3.97. The standard InChI is InChI=1S/C29H20BrN/c30-27-17-15-25(16-18-27)29-20-26(22-9-5-2-6-10-22)19-28(31-29)24-13-11-23(12-14-24)21-7-3-1-4-8-21/h1-20H. The number of halogens is 1. The van der Waals surface area contributed by atoms with Crippen molar-refractivity contribution in [1.82, 2.24) is 4.98 Å². The van der Waals surface area contributed by atoms with Gasteiger partial charge < -0.3 is 0 Å². The highest BCUT2D eigenvalue weighted by atomic mass is 79.9. The zero-order chi connectivity index (χ0) is 21.0. The Balaban J connectivity index is 1.60. The molecule has 0 bridgehead atoms. The largest absolute Gasteiger partial charge is 0.248 e. The van der Waals surface area contributed by atoms with Gasteiger partial charge in [-0.25, -0.2) is 4.98 Å². The van der Waals surface area contributed by atoms with E-state index >= 15 is 0 Å². The summed E-state index contributed by atoms with van der Waals surface area (Å²) in [4.78, 5) is 5.02. The van der Waals surface area contributed by atoms with Gasteiger partial charge in [-0.1, -0.05) is 113 Å². The molecule has 2 heteroatoms. The Morgan fingerprint density at radius 1 is 0.387 bits per heavy atom. The van der Waals surface area contributed by atoms with Gasteiger partial charge in [-0.2, -0.15) is 0 Å². The monoisotopic (exact) mass is 461 g/mol. The summed E-state index contributed by atoms with van der Waals surface area (Å²) in [7, 11) is 0. The predicted octanol–water partition coefficient (Wildman–Crippen LogP) is 8.51. The fourth-order valence-electron chi connectivity index (χ4n) is 3.71. The second kappa shape index (κ2) is 8.71. The first-order valence-electron chi connectivity index (χ1n) is 10.3. The van der Waals surface area contributed by atoms with Crippen molar-refractivity contribution in [2.45, 2.75) is 0 Å². The van der Waals surface area contributed by atoms with Crippen LogP contribution in [0.5, 0.6) is 0 Å². The molecule has 0 spiro atoms. The van der Waals surface area contributed by atoms with Crippen LogP contribution in [0, 0.1) is 0 Å². The Labute approximate surface area is 191 Å². The molecule has 4 aromatic carbocycles. The molecule has 0 saturated carbocycles. The molecule has 0 saturated heterocycles. The highest BCUT2D eigenvalue weighted by molar-refractivity contribution is 9.10. The Hall–Kier alpha value is -3.49. The van der Waals surface area contributed by atoms with Gasteiger partial charge in [0.1, 0.15) is 0 Å². The minimum atomic E-state index is 0.969. The Morgan fingerprint density at radius 3 is 1.29 bits per heavy atom. The first-order valence-corrected chi connectivity index (χ1v) is 11.0. The van der Waals surface area contributed by atoms with Crippen LogP contribution in [0.25, 0.3) is 44.8 Å². The first-order chi connectivity index (χ1) is 15.3. The highest BCUT2D eigenvalue weighted by Gasteiger charge is 2.09. The minimum absolute atomic E-state index is 0.969. The van der Waals surface area contributed by atoms with Crippen molar-refractivity contribution in [1.29, 1.82) is 0 Å². The fraction of sp³-hybridized carbons (Fsp3) is 0. The average Bonchev–Trinajstić information content (AvgIpc) is 2.85. The number of nitrogens with zero attached hydrogens (tertiary/aromatic N) is 1. The molecule has 5 aromatic rings. The average molecular weight is 462 g/mol. The van der Waals surface area contributed by atoms with Gasteiger partial charge in [0, 0.05) is 15.6 Å². The molecular weight excluding hydrogens is 442 g/mol. The molecule has 1 aromatic heterocycles. The third-order valence-corrected chi connectivity index (χ3v) is 5.89. The lowest BCUT2D eigenvalue weighted by molar-refractivity contribution is 1.32. The van der Waals surface area contributed by atoms with E-state index in [0.717, 1.165) is 32.6 Å². The second-order valence-corrected chi connectivity index (χ2v) is 8.36. The summed E-state index contributed by atoms with van der Waals surface area (Å²) in [5.41, 5.74) is 8.92. The molecule has 1 nitrogen and oxygen atoms in total. The van der Waals surface area contributed by atoms with Crippen LogP contribution in [0.3, 0.4) is 0 Å². The SMILES string of the molecule is Brc1ccc(-c2cc(-c3ccccc3)cc(-c3ccc(-c4ccccc4)cc3)n2)cc1. The molecule has 0 atom stereocenters. The van der Waals surface area contributed by atoms with Crippen molar-refractivity contribution >= 4 is 15.9 Å². The maximum absolute atomic E-state index is 5.02. The maximum Gasteiger partial charge on any atom is 0.0715 e. The molecule has 0 aliphatic heterocycles. The van der Waals surface area contributed by atoms with E-state index in [1.54, 1.807) is 0 Å². The van der Waals surface area contributed by atoms with Crippen LogP contribution >= 0.6 is 15.9 Å². The van der Waals surface area contributed by atoms with Gasteiger partial charge in [0.15, 0.2) is 0 Å². The number of hydrogen-bond donors (Lipinski definition) is 0. The topological polar surface area (TPSA) is 12.9 Å². The van der Waals surface area contributed by atoms with E-state index in [0.29, 0.717) is 0 Å². The molecule has 5 rings (SSSR count). The van der Waals surface area contributed by atoms with Gasteiger partial charge in [-0.3, -0.25) is 0 Å². The minimum Gasteiger partial charge on any atom is -0.248 e. The summed E-state index contributed by atoms with van der Waals surface area (Å²) < 4.78 is 1.06. The van der Waals surface area contributed by atoms with Crippen molar-refractivity contribution in [2.75, 3.05) is 0 Å². The van der Waals surface area contributed by atoms with Gasteiger partial charge in [0.05, 0.1) is 11.4 Å². The molecule has 0 amide bonds. The van der Waals surface area contributed by atoms with Crippen molar-refractivity contribution < 1.29 is 0 Å². The van der Waals surface area contributed by atoms with Gasteiger partial charge in [0.2, 0.25) is 0 Å². The van der Waals surface area contributed by atoms with Gasteiger partial charge in [-0.15, -0.1) is 0 Å². The van der Waals surface area contributed by atoms with Crippen molar-refractivity contribution in [3.05, 3.63) is 126 Å². The van der Waals surface area contributed by atoms with E-state index in [4.69, 9.17) is 4.98 Å². The second-order valence-electron chi connectivity index (χ2n) is 7.44. The number of aromatic nitrogens is 1. The zero-order valence-electron chi connectivity index (χ0n) is 16.9. The van der Waals surface area contributed by atoms with Crippen LogP contribution in [-0.2, 0) is 0 Å². The molecule has 148 valence electrons. The summed E-state index contributed by atoms with van der Waals surface area (Å²) in [6.07, 6.45) is 0. The van der Waals surface area contributed by atoms with Crippen LogP contribution in [-0.4, -0.2) is 4.98 Å². The van der Waals surface area contributed by atoms with Crippen molar-refractivity contribution in [3.8, 4) is 44.8 Å². The number of pyridine rings is 1. The van der Waals surface area contributed by atoms with Crippen molar-refractivity contribution in [2.24, 2.45) is 0 Å². The molecule has 0 fully saturated rings. The van der Waals surface area contributed by atoms with E-state index in [9.17, 15) is 0 Å². The summed E-state index contributed by atoms with van der Waals surface area (Å²) in [6, 6.07) is 42.2. The van der Waals surface area contributed by atoms with E-state index < -0.39 is 0 Å². The third-order valence-electron chi connectivity index (χ3n) is 5.36. The summed E-state index contributed by atoms with van der Waals surface area (Å²) in [5.74, 6) is 0. The number of benzene rings is 4. The summed E-state index contributed by atoms with van der Waals surface area (Å²) in [6.45, 7) is 0. The van der Waals surface area contributed by atoms with Crippen LogP contribution in [0.1, 0.15) is 0 Å². The Kier molecular flexibility index (Phi) is 5.47. The van der Waals surface area contributed by atoms with Gasteiger partial charge in [-0.05, 0) is 46.5 Å². The number of rotatable bonds is 4. The third kappa shape index (κ3) is 4.35. The van der Waals surface area contributed by atoms with Gasteiger partial charge >= 0.3 is 0 Å². The molecule has 0 aliphatic carbocycles. The van der Waals surface area contributed by atoms with E-state index in [-0.39, 0.29) is 0 Å². The Morgan fingerprint density at radius 2 is 0.774 bits per heavy atom. The molecule has 0 unspecified atom stereocenters. The van der Waals surface area contributed by atoms with E-state index in [2.05, 4.69) is 125 Å².